The van der Waals surface area contributed by atoms with E-state index in [1.165, 1.54) is 10.9 Å². The first kappa shape index (κ1) is 18.2. The zero-order chi connectivity index (χ0) is 19.0. The Labute approximate surface area is 157 Å². The zero-order valence-electron chi connectivity index (χ0n) is 15.1. The molecule has 0 spiro atoms. The number of carbonyl (C=O) groups excluding carboxylic acids is 1. The number of benzene rings is 1. The summed E-state index contributed by atoms with van der Waals surface area (Å²) in [6, 6.07) is 6.83. The van der Waals surface area contributed by atoms with Gasteiger partial charge in [0.05, 0.1) is 28.7 Å². The van der Waals surface area contributed by atoms with E-state index in [4.69, 9.17) is 0 Å². The Kier molecular flexibility index (Phi) is 4.75. The third kappa shape index (κ3) is 3.63. The van der Waals surface area contributed by atoms with Crippen molar-refractivity contribution in [1.82, 2.24) is 14.5 Å². The summed E-state index contributed by atoms with van der Waals surface area (Å²) >= 11 is 0. The van der Waals surface area contributed by atoms with Gasteiger partial charge >= 0.3 is 0 Å². The first-order chi connectivity index (χ1) is 12.9. The van der Waals surface area contributed by atoms with E-state index < -0.39 is 9.84 Å². The third-order valence-electron chi connectivity index (χ3n) is 5.64. The molecule has 1 aliphatic heterocycles. The van der Waals surface area contributed by atoms with Crippen molar-refractivity contribution in [3.63, 3.8) is 0 Å². The second-order valence-corrected chi connectivity index (χ2v) is 9.72. The molecular weight excluding hydrogens is 366 g/mol. The van der Waals surface area contributed by atoms with Crippen molar-refractivity contribution in [2.45, 2.75) is 50.7 Å². The van der Waals surface area contributed by atoms with Gasteiger partial charge in [0.15, 0.2) is 9.84 Å². The fourth-order valence-corrected chi connectivity index (χ4v) is 6.04. The van der Waals surface area contributed by atoms with Crippen LogP contribution in [-0.4, -0.2) is 52.4 Å². The lowest BCUT2D eigenvalue weighted by molar-refractivity contribution is -0.136. The summed E-state index contributed by atoms with van der Waals surface area (Å²) in [6.45, 7) is -0.107. The van der Waals surface area contributed by atoms with Crippen molar-refractivity contribution < 1.29 is 13.2 Å². The van der Waals surface area contributed by atoms with Crippen LogP contribution in [0.4, 0.5) is 0 Å². The maximum atomic E-state index is 13.1. The molecule has 2 fully saturated rings. The Hall–Kier alpha value is -2.22. The Morgan fingerprint density at radius 3 is 2.59 bits per heavy atom. The van der Waals surface area contributed by atoms with Crippen LogP contribution in [0.25, 0.3) is 10.9 Å². The smallest absolute Gasteiger partial charge is 0.261 e. The lowest BCUT2D eigenvalue weighted by atomic mass is 10.1. The van der Waals surface area contributed by atoms with Gasteiger partial charge in [0.2, 0.25) is 5.91 Å². The predicted molar refractivity (Wildman–Crippen MR) is 102 cm³/mol. The van der Waals surface area contributed by atoms with Gasteiger partial charge in [-0.15, -0.1) is 0 Å². The van der Waals surface area contributed by atoms with Crippen molar-refractivity contribution in [2.75, 3.05) is 11.5 Å². The van der Waals surface area contributed by atoms with Gasteiger partial charge in [0.25, 0.3) is 5.56 Å². The van der Waals surface area contributed by atoms with Crippen molar-refractivity contribution in [2.24, 2.45) is 0 Å². The van der Waals surface area contributed by atoms with Gasteiger partial charge in [0.1, 0.15) is 6.54 Å². The molecule has 2 aromatic rings. The molecule has 0 unspecified atom stereocenters. The van der Waals surface area contributed by atoms with E-state index in [-0.39, 0.29) is 41.6 Å². The Balaban J connectivity index is 1.62. The average Bonchev–Trinajstić information content (AvgIpc) is 3.28. The molecule has 1 saturated carbocycles. The molecular formula is C19H23N3O4S. The van der Waals surface area contributed by atoms with Crippen LogP contribution in [-0.2, 0) is 21.2 Å². The number of hydrogen-bond acceptors (Lipinski definition) is 5. The van der Waals surface area contributed by atoms with Gasteiger partial charge in [-0.05, 0) is 31.4 Å². The maximum Gasteiger partial charge on any atom is 0.261 e. The Morgan fingerprint density at radius 2 is 1.89 bits per heavy atom. The van der Waals surface area contributed by atoms with Gasteiger partial charge in [-0.3, -0.25) is 14.2 Å². The van der Waals surface area contributed by atoms with E-state index in [0.717, 1.165) is 25.7 Å². The number of sulfone groups is 1. The number of amides is 1. The molecule has 8 heteroatoms. The topological polar surface area (TPSA) is 89.3 Å². The van der Waals surface area contributed by atoms with Crippen LogP contribution in [0.15, 0.2) is 35.4 Å². The first-order valence-electron chi connectivity index (χ1n) is 9.40. The van der Waals surface area contributed by atoms with Gasteiger partial charge < -0.3 is 4.90 Å². The highest BCUT2D eigenvalue weighted by Crippen LogP contribution is 2.29. The molecule has 0 N–H and O–H groups in total. The van der Waals surface area contributed by atoms with Crippen LogP contribution in [0.3, 0.4) is 0 Å². The van der Waals surface area contributed by atoms with Crippen molar-refractivity contribution in [1.29, 1.82) is 0 Å². The minimum Gasteiger partial charge on any atom is -0.334 e. The van der Waals surface area contributed by atoms with Crippen LogP contribution in [0.2, 0.25) is 0 Å². The highest BCUT2D eigenvalue weighted by atomic mass is 32.2. The molecule has 1 amide bonds. The number of nitrogens with zero attached hydrogens (tertiary/aromatic N) is 3. The minimum atomic E-state index is -3.09. The Morgan fingerprint density at radius 1 is 1.15 bits per heavy atom. The largest absolute Gasteiger partial charge is 0.334 e. The Bertz CT molecular complexity index is 1020. The summed E-state index contributed by atoms with van der Waals surface area (Å²) in [4.78, 5) is 31.9. The number of carbonyl (C=O) groups is 1. The lowest BCUT2D eigenvalue weighted by Gasteiger charge is -2.34. The molecule has 1 aliphatic carbocycles. The summed E-state index contributed by atoms with van der Waals surface area (Å²) < 4.78 is 25.2. The van der Waals surface area contributed by atoms with Crippen LogP contribution >= 0.6 is 0 Å². The van der Waals surface area contributed by atoms with E-state index in [1.807, 2.05) is 6.07 Å². The SMILES string of the molecule is O=C(Cn1cnc2ccccc2c1=O)N(C1CCCC1)[C@H]1CCS(=O)(=O)C1. The van der Waals surface area contributed by atoms with Crippen LogP contribution < -0.4 is 5.56 Å². The maximum absolute atomic E-state index is 13.1. The van der Waals surface area contributed by atoms with Crippen molar-refractivity contribution in [3.8, 4) is 0 Å². The van der Waals surface area contributed by atoms with E-state index in [2.05, 4.69) is 4.98 Å². The van der Waals surface area contributed by atoms with E-state index in [0.29, 0.717) is 17.3 Å². The van der Waals surface area contributed by atoms with Crippen LogP contribution in [0.1, 0.15) is 32.1 Å². The molecule has 7 nitrogen and oxygen atoms in total. The number of para-hydroxylation sites is 1. The summed E-state index contributed by atoms with van der Waals surface area (Å²) in [7, 11) is -3.09. The number of hydrogen-bond donors (Lipinski definition) is 0. The van der Waals surface area contributed by atoms with Gasteiger partial charge in [-0.2, -0.15) is 0 Å². The van der Waals surface area contributed by atoms with Crippen molar-refractivity contribution in [3.05, 3.63) is 40.9 Å². The summed E-state index contributed by atoms with van der Waals surface area (Å²) in [5.41, 5.74) is 0.347. The fraction of sp³-hybridized carbons (Fsp3) is 0.526. The molecule has 1 aromatic carbocycles. The normalized spacial score (nSPS) is 22.3. The molecule has 1 aromatic heterocycles. The molecule has 0 bridgehead atoms. The standard InChI is InChI=1S/C19H23N3O4S/c23-18(11-21-13-20-17-8-4-3-7-16(17)19(21)24)22(14-5-1-2-6-14)15-9-10-27(25,26)12-15/h3-4,7-8,13-15H,1-2,5-6,9-12H2/t15-/m0/s1. The van der Waals surface area contributed by atoms with Crippen LogP contribution in [0, 0.1) is 0 Å². The number of rotatable bonds is 4. The molecule has 1 atom stereocenters. The summed E-state index contributed by atoms with van der Waals surface area (Å²) in [6.07, 6.45) is 5.77. The molecule has 2 aliphatic rings. The van der Waals surface area contributed by atoms with Gasteiger partial charge in [-0.1, -0.05) is 25.0 Å². The second-order valence-electron chi connectivity index (χ2n) is 7.49. The number of fused-ring (bicyclic) bond motifs is 1. The fourth-order valence-electron chi connectivity index (χ4n) is 4.33. The van der Waals surface area contributed by atoms with Gasteiger partial charge in [-0.25, -0.2) is 13.4 Å². The molecule has 0 radical (unpaired) electrons. The molecule has 2 heterocycles. The van der Waals surface area contributed by atoms with Crippen LogP contribution in [0.5, 0.6) is 0 Å². The highest BCUT2D eigenvalue weighted by molar-refractivity contribution is 7.91. The zero-order valence-corrected chi connectivity index (χ0v) is 15.9. The minimum absolute atomic E-state index is 0.0279. The lowest BCUT2D eigenvalue weighted by Crippen LogP contribution is -2.49. The van der Waals surface area contributed by atoms with Crippen molar-refractivity contribution >= 4 is 26.6 Å². The molecule has 144 valence electrons. The average molecular weight is 389 g/mol. The predicted octanol–water partition coefficient (Wildman–Crippen LogP) is 1.35. The molecule has 1 saturated heterocycles. The van der Waals surface area contributed by atoms with Gasteiger partial charge in [0, 0.05) is 12.1 Å². The highest BCUT2D eigenvalue weighted by Gasteiger charge is 2.39. The third-order valence-corrected chi connectivity index (χ3v) is 7.40. The number of aromatic nitrogens is 2. The van der Waals surface area contributed by atoms with E-state index in [9.17, 15) is 18.0 Å². The summed E-state index contributed by atoms with van der Waals surface area (Å²) in [5, 5.41) is 0.476. The second kappa shape index (κ2) is 7.07. The quantitative estimate of drug-likeness (QED) is 0.788. The molecule has 4 rings (SSSR count). The molecule has 27 heavy (non-hydrogen) atoms. The summed E-state index contributed by atoms with van der Waals surface area (Å²) in [5.74, 6) is -0.0330. The van der Waals surface area contributed by atoms with E-state index in [1.54, 1.807) is 23.1 Å². The monoisotopic (exact) mass is 389 g/mol. The van der Waals surface area contributed by atoms with E-state index >= 15 is 0 Å². The first-order valence-corrected chi connectivity index (χ1v) is 11.2.